The Morgan fingerprint density at radius 3 is 2.65 bits per heavy atom. The van der Waals surface area contributed by atoms with Crippen molar-refractivity contribution in [1.29, 1.82) is 0 Å². The van der Waals surface area contributed by atoms with Crippen LogP contribution in [0.25, 0.3) is 0 Å². The van der Waals surface area contributed by atoms with Gasteiger partial charge >= 0.3 is 6.09 Å². The number of carbonyl (C=O) groups excluding carboxylic acids is 2. The van der Waals surface area contributed by atoms with Crippen LogP contribution < -0.4 is 11.1 Å². The first-order chi connectivity index (χ1) is 14.8. The molecule has 2 aromatic carbocycles. The van der Waals surface area contributed by atoms with E-state index in [1.54, 1.807) is 0 Å². The summed E-state index contributed by atoms with van der Waals surface area (Å²) >= 11 is 0. The molecule has 1 saturated heterocycles. The number of ether oxygens (including phenoxy) is 1. The van der Waals surface area contributed by atoms with Crippen LogP contribution in [0.1, 0.15) is 47.6 Å². The fourth-order valence-electron chi connectivity index (χ4n) is 4.20. The number of carbonyl (C=O) groups is 2. The van der Waals surface area contributed by atoms with Crippen molar-refractivity contribution < 1.29 is 19.4 Å². The second-order valence-corrected chi connectivity index (χ2v) is 7.99. The molecule has 0 saturated carbocycles. The lowest BCUT2D eigenvalue weighted by atomic mass is 9.78. The van der Waals surface area contributed by atoms with Crippen molar-refractivity contribution in [2.45, 2.75) is 40.2 Å². The maximum absolute atomic E-state index is 13.3. The zero-order valence-corrected chi connectivity index (χ0v) is 18.6. The van der Waals surface area contributed by atoms with E-state index in [1.807, 2.05) is 58.0 Å². The molecule has 1 aliphatic rings. The highest BCUT2D eigenvalue weighted by molar-refractivity contribution is 5.95. The lowest BCUT2D eigenvalue weighted by Gasteiger charge is -2.29. The van der Waals surface area contributed by atoms with Crippen LogP contribution in [0.2, 0.25) is 0 Å². The standard InChI is InChI=1S/C24H31N3O4/c1-5-26-20-9-8-19(15(3)22(20)25)21(17-7-6-14(2)18(12-17)13-28)16(4)23(29)27-10-11-31-24(27)30/h6-9,12,16,21,26,28H,5,10-11,13,25H2,1-4H3. The highest BCUT2D eigenvalue weighted by Crippen LogP contribution is 2.39. The Hall–Kier alpha value is -3.06. The maximum atomic E-state index is 13.3. The molecule has 1 fully saturated rings. The van der Waals surface area contributed by atoms with E-state index in [-0.39, 0.29) is 31.6 Å². The Labute approximate surface area is 183 Å². The van der Waals surface area contributed by atoms with E-state index in [2.05, 4.69) is 5.32 Å². The molecule has 2 atom stereocenters. The molecule has 1 heterocycles. The number of aryl methyl sites for hydroxylation is 1. The SMILES string of the molecule is CCNc1ccc(C(c2ccc(C)c(CO)c2)C(C)C(=O)N2CCOC2=O)c(C)c1N. The van der Waals surface area contributed by atoms with Gasteiger partial charge in [-0.25, -0.2) is 9.69 Å². The molecule has 1 aliphatic heterocycles. The summed E-state index contributed by atoms with van der Waals surface area (Å²) in [4.78, 5) is 26.5. The number of hydrogen-bond acceptors (Lipinski definition) is 6. The fraction of sp³-hybridized carbons (Fsp3) is 0.417. The molecule has 3 rings (SSSR count). The Morgan fingerprint density at radius 1 is 1.29 bits per heavy atom. The number of imide groups is 1. The molecule has 4 N–H and O–H groups in total. The van der Waals surface area contributed by atoms with Gasteiger partial charge in [0.05, 0.1) is 24.5 Å². The van der Waals surface area contributed by atoms with Crippen LogP contribution in [0.5, 0.6) is 0 Å². The van der Waals surface area contributed by atoms with Gasteiger partial charge in [-0.1, -0.05) is 31.2 Å². The number of nitrogens with one attached hydrogen (secondary N) is 1. The minimum absolute atomic E-state index is 0.0896. The average molecular weight is 426 g/mol. The molecule has 0 bridgehead atoms. The molecule has 0 aliphatic carbocycles. The Morgan fingerprint density at radius 2 is 2.03 bits per heavy atom. The van der Waals surface area contributed by atoms with Crippen LogP contribution in [0, 0.1) is 19.8 Å². The van der Waals surface area contributed by atoms with Crippen molar-refractivity contribution in [3.05, 3.63) is 58.1 Å². The minimum Gasteiger partial charge on any atom is -0.447 e. The molecule has 0 radical (unpaired) electrons. The molecule has 31 heavy (non-hydrogen) atoms. The van der Waals surface area contributed by atoms with Crippen LogP contribution in [0.4, 0.5) is 16.2 Å². The lowest BCUT2D eigenvalue weighted by molar-refractivity contribution is -0.131. The molecular weight excluding hydrogens is 394 g/mol. The third-order valence-electron chi connectivity index (χ3n) is 6.08. The van der Waals surface area contributed by atoms with Gasteiger partial charge < -0.3 is 20.9 Å². The maximum Gasteiger partial charge on any atom is 0.416 e. The molecule has 166 valence electrons. The van der Waals surface area contributed by atoms with Gasteiger partial charge in [-0.15, -0.1) is 0 Å². The zero-order chi connectivity index (χ0) is 22.7. The second kappa shape index (κ2) is 9.39. The number of nitrogens with zero attached hydrogens (tertiary/aromatic N) is 1. The fourth-order valence-corrected chi connectivity index (χ4v) is 4.20. The van der Waals surface area contributed by atoms with E-state index < -0.39 is 12.0 Å². The largest absolute Gasteiger partial charge is 0.447 e. The number of aliphatic hydroxyl groups is 1. The number of hydrogen-bond donors (Lipinski definition) is 3. The summed E-state index contributed by atoms with van der Waals surface area (Å²) in [6.07, 6.45) is -0.603. The van der Waals surface area contributed by atoms with E-state index in [9.17, 15) is 14.7 Å². The number of aliphatic hydroxyl groups excluding tert-OH is 1. The highest BCUT2D eigenvalue weighted by Gasteiger charge is 2.37. The van der Waals surface area contributed by atoms with Crippen molar-refractivity contribution >= 4 is 23.4 Å². The summed E-state index contributed by atoms with van der Waals surface area (Å²) in [5.74, 6) is -1.17. The Bertz CT molecular complexity index is 989. The highest BCUT2D eigenvalue weighted by atomic mass is 16.6. The topological polar surface area (TPSA) is 105 Å². The van der Waals surface area contributed by atoms with Crippen molar-refractivity contribution in [2.75, 3.05) is 30.7 Å². The lowest BCUT2D eigenvalue weighted by Crippen LogP contribution is -2.38. The van der Waals surface area contributed by atoms with Gasteiger partial charge in [-0.3, -0.25) is 4.79 Å². The van der Waals surface area contributed by atoms with Gasteiger partial charge in [-0.05, 0) is 54.7 Å². The predicted molar refractivity (Wildman–Crippen MR) is 121 cm³/mol. The van der Waals surface area contributed by atoms with Crippen molar-refractivity contribution in [3.8, 4) is 0 Å². The first-order valence-corrected chi connectivity index (χ1v) is 10.6. The number of benzene rings is 2. The molecule has 0 spiro atoms. The number of nitrogen functional groups attached to an aromatic ring is 1. The number of rotatable bonds is 7. The van der Waals surface area contributed by atoms with E-state index in [4.69, 9.17) is 10.5 Å². The van der Waals surface area contributed by atoms with E-state index in [0.717, 1.165) is 40.0 Å². The molecule has 2 aromatic rings. The summed E-state index contributed by atoms with van der Waals surface area (Å²) in [5, 5.41) is 13.0. The van der Waals surface area contributed by atoms with E-state index in [1.165, 1.54) is 4.90 Å². The molecule has 2 unspecified atom stereocenters. The average Bonchev–Trinajstić information content (AvgIpc) is 3.19. The molecule has 7 heteroatoms. The van der Waals surface area contributed by atoms with Gasteiger partial charge in [0.25, 0.3) is 0 Å². The molecule has 0 aromatic heterocycles. The number of amides is 2. The smallest absolute Gasteiger partial charge is 0.416 e. The Kier molecular flexibility index (Phi) is 6.85. The van der Waals surface area contributed by atoms with Crippen molar-refractivity contribution in [2.24, 2.45) is 5.92 Å². The van der Waals surface area contributed by atoms with E-state index in [0.29, 0.717) is 5.69 Å². The monoisotopic (exact) mass is 425 g/mol. The summed E-state index contributed by atoms with van der Waals surface area (Å²) in [6, 6.07) is 9.76. The first-order valence-electron chi connectivity index (χ1n) is 10.6. The third-order valence-corrected chi connectivity index (χ3v) is 6.08. The quantitative estimate of drug-likeness (QED) is 0.586. The van der Waals surface area contributed by atoms with Gasteiger partial charge in [0.15, 0.2) is 0 Å². The normalized spacial score (nSPS) is 15.5. The third kappa shape index (κ3) is 4.37. The Balaban J connectivity index is 2.12. The molecule has 2 amide bonds. The summed E-state index contributed by atoms with van der Waals surface area (Å²) in [5.41, 5.74) is 12.4. The van der Waals surface area contributed by atoms with Crippen LogP contribution in [0.3, 0.4) is 0 Å². The summed E-state index contributed by atoms with van der Waals surface area (Å²) in [6.45, 7) is 8.84. The predicted octanol–water partition coefficient (Wildman–Crippen LogP) is 3.56. The van der Waals surface area contributed by atoms with E-state index >= 15 is 0 Å². The van der Waals surface area contributed by atoms with Gasteiger partial charge in [0.1, 0.15) is 6.61 Å². The summed E-state index contributed by atoms with van der Waals surface area (Å²) in [7, 11) is 0. The minimum atomic E-state index is -0.603. The second-order valence-electron chi connectivity index (χ2n) is 7.99. The van der Waals surface area contributed by atoms with Gasteiger partial charge in [-0.2, -0.15) is 0 Å². The van der Waals surface area contributed by atoms with Gasteiger partial charge in [0.2, 0.25) is 5.91 Å². The van der Waals surface area contributed by atoms with Crippen molar-refractivity contribution in [1.82, 2.24) is 4.90 Å². The molecular formula is C24H31N3O4. The van der Waals surface area contributed by atoms with Crippen LogP contribution in [-0.2, 0) is 16.1 Å². The van der Waals surface area contributed by atoms with Crippen LogP contribution in [-0.4, -0.2) is 41.7 Å². The van der Waals surface area contributed by atoms with Crippen LogP contribution >= 0.6 is 0 Å². The van der Waals surface area contributed by atoms with Crippen molar-refractivity contribution in [3.63, 3.8) is 0 Å². The van der Waals surface area contributed by atoms with Crippen LogP contribution in [0.15, 0.2) is 30.3 Å². The number of anilines is 2. The number of cyclic esters (lactones) is 1. The van der Waals surface area contributed by atoms with Gasteiger partial charge in [0, 0.05) is 18.4 Å². The summed E-state index contributed by atoms with van der Waals surface area (Å²) < 4.78 is 4.97. The number of nitrogens with two attached hydrogens (primary N) is 1. The molecule has 7 nitrogen and oxygen atoms in total. The first kappa shape index (κ1) is 22.6. The zero-order valence-electron chi connectivity index (χ0n) is 18.6.